The maximum Gasteiger partial charge on any atom is 0.314 e. The van der Waals surface area contributed by atoms with Crippen molar-refractivity contribution in [3.63, 3.8) is 0 Å². The van der Waals surface area contributed by atoms with Gasteiger partial charge in [-0.2, -0.15) is 0 Å². The zero-order valence-corrected chi connectivity index (χ0v) is 13.2. The molecule has 2 aliphatic rings. The second kappa shape index (κ2) is 5.71. The van der Waals surface area contributed by atoms with Crippen LogP contribution >= 0.6 is 0 Å². The van der Waals surface area contributed by atoms with Crippen LogP contribution in [0.25, 0.3) is 0 Å². The van der Waals surface area contributed by atoms with E-state index in [2.05, 4.69) is 4.90 Å². The fourth-order valence-corrected chi connectivity index (χ4v) is 3.36. The Morgan fingerprint density at radius 2 is 1.73 bits per heavy atom. The van der Waals surface area contributed by atoms with Crippen molar-refractivity contribution in [1.82, 2.24) is 0 Å². The summed E-state index contributed by atoms with van der Waals surface area (Å²) < 4.78 is 11.1. The van der Waals surface area contributed by atoms with Crippen molar-refractivity contribution in [2.24, 2.45) is 0 Å². The predicted molar refractivity (Wildman–Crippen MR) is 84.2 cm³/mol. The minimum atomic E-state index is -0.793. The second-order valence-corrected chi connectivity index (χ2v) is 6.16. The molecule has 1 aromatic rings. The van der Waals surface area contributed by atoms with E-state index in [1.54, 1.807) is 14.2 Å². The van der Waals surface area contributed by atoms with Crippen LogP contribution in [0.5, 0.6) is 11.5 Å². The third-order valence-electron chi connectivity index (χ3n) is 4.87. The van der Waals surface area contributed by atoms with Crippen molar-refractivity contribution in [3.05, 3.63) is 17.7 Å². The highest BCUT2D eigenvalue weighted by molar-refractivity contribution is 5.87. The number of piperidine rings is 1. The highest BCUT2D eigenvalue weighted by Gasteiger charge is 2.53. The Balaban J connectivity index is 2.04. The molecule has 1 N–H and O–H groups in total. The number of anilines is 1. The molecule has 120 valence electrons. The maximum atomic E-state index is 11.6. The summed E-state index contributed by atoms with van der Waals surface area (Å²) in [5.74, 6) is 0.616. The normalized spacial score (nSPS) is 19.6. The third-order valence-corrected chi connectivity index (χ3v) is 4.87. The molecule has 0 amide bonds. The number of aliphatic carboxylic acids is 1. The van der Waals surface area contributed by atoms with E-state index in [4.69, 9.17) is 9.47 Å². The van der Waals surface area contributed by atoms with Crippen molar-refractivity contribution in [1.29, 1.82) is 0 Å². The van der Waals surface area contributed by atoms with Gasteiger partial charge in [0, 0.05) is 24.7 Å². The van der Waals surface area contributed by atoms with Crippen LogP contribution in [-0.2, 0) is 10.2 Å². The molecule has 1 saturated heterocycles. The Morgan fingerprint density at radius 1 is 1.09 bits per heavy atom. The topological polar surface area (TPSA) is 59.0 Å². The van der Waals surface area contributed by atoms with E-state index in [-0.39, 0.29) is 0 Å². The van der Waals surface area contributed by atoms with Crippen LogP contribution in [-0.4, -0.2) is 38.4 Å². The van der Waals surface area contributed by atoms with Crippen LogP contribution in [0.15, 0.2) is 12.1 Å². The number of carbonyl (C=O) groups is 1. The largest absolute Gasteiger partial charge is 0.496 e. The zero-order chi connectivity index (χ0) is 15.7. The van der Waals surface area contributed by atoms with Crippen molar-refractivity contribution >= 4 is 11.7 Å². The van der Waals surface area contributed by atoms with Gasteiger partial charge in [-0.15, -0.1) is 0 Å². The van der Waals surface area contributed by atoms with Crippen molar-refractivity contribution in [2.45, 2.75) is 37.5 Å². The average molecular weight is 305 g/mol. The lowest BCUT2D eigenvalue weighted by molar-refractivity contribution is -0.140. The Bertz CT molecular complexity index is 574. The van der Waals surface area contributed by atoms with E-state index in [1.807, 2.05) is 12.1 Å². The molecule has 0 spiro atoms. The molecule has 1 heterocycles. The van der Waals surface area contributed by atoms with E-state index >= 15 is 0 Å². The average Bonchev–Trinajstić information content (AvgIpc) is 3.36. The smallest absolute Gasteiger partial charge is 0.314 e. The summed E-state index contributed by atoms with van der Waals surface area (Å²) in [7, 11) is 3.24. The van der Waals surface area contributed by atoms with Gasteiger partial charge in [0.15, 0.2) is 0 Å². The molecule has 5 heteroatoms. The second-order valence-electron chi connectivity index (χ2n) is 6.16. The number of ether oxygens (including phenoxy) is 2. The highest BCUT2D eigenvalue weighted by atomic mass is 16.5. The summed E-state index contributed by atoms with van der Waals surface area (Å²) in [4.78, 5) is 13.9. The molecule has 5 nitrogen and oxygen atoms in total. The van der Waals surface area contributed by atoms with Crippen molar-refractivity contribution < 1.29 is 19.4 Å². The van der Waals surface area contributed by atoms with Gasteiger partial charge in [-0.1, -0.05) is 0 Å². The number of rotatable bonds is 5. The fourth-order valence-electron chi connectivity index (χ4n) is 3.36. The quantitative estimate of drug-likeness (QED) is 0.906. The summed E-state index contributed by atoms with van der Waals surface area (Å²) >= 11 is 0. The van der Waals surface area contributed by atoms with E-state index in [0.717, 1.165) is 30.1 Å². The van der Waals surface area contributed by atoms with Crippen LogP contribution in [0.3, 0.4) is 0 Å². The van der Waals surface area contributed by atoms with E-state index in [0.29, 0.717) is 18.6 Å². The van der Waals surface area contributed by atoms with E-state index in [1.165, 1.54) is 19.3 Å². The number of carboxylic acids is 1. The SMILES string of the molecule is COc1cc(C2(C(=O)O)CC2)c(OC)cc1N1CCCCC1. The number of nitrogens with zero attached hydrogens (tertiary/aromatic N) is 1. The van der Waals surface area contributed by atoms with Gasteiger partial charge >= 0.3 is 5.97 Å². The Hall–Kier alpha value is -1.91. The molecule has 1 aromatic carbocycles. The minimum Gasteiger partial charge on any atom is -0.496 e. The van der Waals surface area contributed by atoms with E-state index in [9.17, 15) is 9.90 Å². The third kappa shape index (κ3) is 2.38. The van der Waals surface area contributed by atoms with Gasteiger partial charge in [0.25, 0.3) is 0 Å². The summed E-state index contributed by atoms with van der Waals surface area (Å²) in [5.41, 5.74) is 0.947. The van der Waals surface area contributed by atoms with Crippen molar-refractivity contribution in [3.8, 4) is 11.5 Å². The Morgan fingerprint density at radius 3 is 2.23 bits per heavy atom. The molecule has 1 saturated carbocycles. The number of benzene rings is 1. The van der Waals surface area contributed by atoms with E-state index < -0.39 is 11.4 Å². The predicted octanol–water partition coefficient (Wildman–Crippen LogP) is 2.81. The minimum absolute atomic E-state index is 0.654. The molecule has 0 bridgehead atoms. The lowest BCUT2D eigenvalue weighted by Gasteiger charge is -2.31. The number of methoxy groups -OCH3 is 2. The number of carboxylic acid groups (broad SMARTS) is 1. The molecular weight excluding hydrogens is 282 g/mol. The summed E-state index contributed by atoms with van der Waals surface area (Å²) in [6.45, 7) is 2.01. The van der Waals surface area contributed by atoms with Crippen LogP contribution in [0.1, 0.15) is 37.7 Å². The van der Waals surface area contributed by atoms with Gasteiger partial charge in [-0.25, -0.2) is 0 Å². The molecule has 2 fully saturated rings. The molecule has 3 rings (SSSR count). The van der Waals surface area contributed by atoms with Gasteiger partial charge in [0.05, 0.1) is 25.3 Å². The summed E-state index contributed by atoms with van der Waals surface area (Å²) in [6, 6.07) is 3.81. The standard InChI is InChI=1S/C17H23NO4/c1-21-14-11-13(18-8-4-3-5-9-18)15(22-2)10-12(14)17(6-7-17)16(19)20/h10-11H,3-9H2,1-2H3,(H,19,20). The van der Waals surface area contributed by atoms with Gasteiger partial charge in [-0.05, 0) is 38.2 Å². The maximum absolute atomic E-state index is 11.6. The van der Waals surface area contributed by atoms with Crippen molar-refractivity contribution in [2.75, 3.05) is 32.2 Å². The molecular formula is C17H23NO4. The fraction of sp³-hybridized carbons (Fsp3) is 0.588. The van der Waals surface area contributed by atoms with Crippen LogP contribution < -0.4 is 14.4 Å². The van der Waals surface area contributed by atoms with Crippen LogP contribution in [0.4, 0.5) is 5.69 Å². The van der Waals surface area contributed by atoms with Crippen LogP contribution in [0, 0.1) is 0 Å². The highest BCUT2D eigenvalue weighted by Crippen LogP contribution is 2.53. The lowest BCUT2D eigenvalue weighted by atomic mass is 9.94. The molecule has 22 heavy (non-hydrogen) atoms. The Labute approximate surface area is 130 Å². The molecule has 0 radical (unpaired) electrons. The first-order chi connectivity index (χ1) is 10.6. The number of hydrogen-bond donors (Lipinski definition) is 1. The lowest BCUT2D eigenvalue weighted by Crippen LogP contribution is -2.30. The first-order valence-electron chi connectivity index (χ1n) is 7.87. The summed E-state index contributed by atoms with van der Waals surface area (Å²) in [6.07, 6.45) is 4.92. The Kier molecular flexibility index (Phi) is 3.89. The molecule has 1 aliphatic heterocycles. The monoisotopic (exact) mass is 305 g/mol. The molecule has 1 aliphatic carbocycles. The first kappa shape index (κ1) is 15.0. The van der Waals surface area contributed by atoms with Crippen LogP contribution in [0.2, 0.25) is 0 Å². The molecule has 0 aromatic heterocycles. The van der Waals surface area contributed by atoms with Gasteiger partial charge < -0.3 is 19.5 Å². The first-order valence-corrected chi connectivity index (χ1v) is 7.87. The number of hydrogen-bond acceptors (Lipinski definition) is 4. The van der Waals surface area contributed by atoms with Gasteiger partial charge in [-0.3, -0.25) is 4.79 Å². The molecule has 0 atom stereocenters. The molecule has 0 unspecified atom stereocenters. The zero-order valence-electron chi connectivity index (χ0n) is 13.2. The van der Waals surface area contributed by atoms with Gasteiger partial charge in [0.1, 0.15) is 11.5 Å². The summed E-state index contributed by atoms with van der Waals surface area (Å²) in [5, 5.41) is 9.55. The van der Waals surface area contributed by atoms with Gasteiger partial charge in [0.2, 0.25) is 0 Å².